The van der Waals surface area contributed by atoms with Crippen LogP contribution in [-0.2, 0) is 27.4 Å². The molecule has 1 N–H and O–H groups in total. The van der Waals surface area contributed by atoms with Crippen molar-refractivity contribution < 1.29 is 14.3 Å². The monoisotopic (exact) mass is 433 g/mol. The fourth-order valence-electron chi connectivity index (χ4n) is 3.46. The molecule has 0 fully saturated rings. The van der Waals surface area contributed by atoms with Gasteiger partial charge in [0.05, 0.1) is 11.4 Å². The van der Waals surface area contributed by atoms with Crippen molar-refractivity contribution in [2.45, 2.75) is 32.8 Å². The van der Waals surface area contributed by atoms with E-state index in [9.17, 15) is 9.59 Å². The van der Waals surface area contributed by atoms with Gasteiger partial charge in [0.15, 0.2) is 5.13 Å². The van der Waals surface area contributed by atoms with Crippen molar-refractivity contribution in [3.63, 3.8) is 0 Å². The number of hydrogen-bond donors (Lipinski definition) is 1. The first kappa shape index (κ1) is 20.8. The highest BCUT2D eigenvalue weighted by atomic mass is 32.1. The Balaban J connectivity index is 1.29. The average molecular weight is 434 g/mol. The maximum Gasteiger partial charge on any atom is 0.306 e. The quantitative estimate of drug-likeness (QED) is 0.379. The van der Waals surface area contributed by atoms with Crippen LogP contribution in [0.1, 0.15) is 31.0 Å². The van der Waals surface area contributed by atoms with Crippen LogP contribution in [0.5, 0.6) is 0 Å². The molecule has 0 bridgehead atoms. The number of aryl methyl sites for hydroxylation is 1. The van der Waals surface area contributed by atoms with Gasteiger partial charge in [-0.05, 0) is 36.6 Å². The van der Waals surface area contributed by atoms with Gasteiger partial charge in [-0.25, -0.2) is 4.98 Å². The summed E-state index contributed by atoms with van der Waals surface area (Å²) in [7, 11) is 0. The van der Waals surface area contributed by atoms with Crippen molar-refractivity contribution in [2.24, 2.45) is 0 Å². The average Bonchev–Trinajstić information content (AvgIpc) is 3.40. The van der Waals surface area contributed by atoms with E-state index in [2.05, 4.69) is 16.0 Å². The minimum Gasteiger partial charge on any atom is -0.459 e. The van der Waals surface area contributed by atoms with Crippen molar-refractivity contribution in [3.05, 3.63) is 77.4 Å². The lowest BCUT2D eigenvalue weighted by molar-refractivity contribution is -0.145. The lowest BCUT2D eigenvalue weighted by Gasteiger charge is -2.17. The molecule has 4 aromatic rings. The van der Waals surface area contributed by atoms with Gasteiger partial charge in [0.1, 0.15) is 6.61 Å². The summed E-state index contributed by atoms with van der Waals surface area (Å²) in [6.07, 6.45) is 3.88. The Hall–Kier alpha value is -3.45. The molecule has 2 heterocycles. The number of rotatable bonds is 8. The molecule has 0 unspecified atom stereocenters. The first-order chi connectivity index (χ1) is 15.1. The van der Waals surface area contributed by atoms with Crippen LogP contribution in [-0.4, -0.2) is 21.8 Å². The number of hydrogen-bond acceptors (Lipinski definition) is 5. The molecule has 6 nitrogen and oxygen atoms in total. The second-order valence-corrected chi connectivity index (χ2v) is 8.02. The SMILES string of the molecule is CC(=O)N(c1ccccc1)c1nc(COC(=O)CCCc2c[nH]c3ccccc23)cs1. The number of anilines is 2. The highest BCUT2D eigenvalue weighted by Gasteiger charge is 2.18. The highest BCUT2D eigenvalue weighted by Crippen LogP contribution is 2.29. The lowest BCUT2D eigenvalue weighted by Crippen LogP contribution is -2.22. The largest absolute Gasteiger partial charge is 0.459 e. The van der Waals surface area contributed by atoms with Gasteiger partial charge in [-0.3, -0.25) is 14.5 Å². The maximum absolute atomic E-state index is 12.2. The Kier molecular flexibility index (Phi) is 6.43. The number of carbonyl (C=O) groups is 2. The third-order valence-corrected chi connectivity index (χ3v) is 5.82. The Labute approximate surface area is 184 Å². The zero-order valence-electron chi connectivity index (χ0n) is 17.2. The second kappa shape index (κ2) is 9.57. The molecular formula is C24H23N3O3S. The van der Waals surface area contributed by atoms with Crippen molar-refractivity contribution in [1.29, 1.82) is 0 Å². The van der Waals surface area contributed by atoms with Crippen LogP contribution < -0.4 is 4.90 Å². The zero-order chi connectivity index (χ0) is 21.6. The van der Waals surface area contributed by atoms with Crippen LogP contribution in [0.4, 0.5) is 10.8 Å². The molecule has 0 saturated heterocycles. The number of benzene rings is 2. The fourth-order valence-corrected chi connectivity index (χ4v) is 4.33. The molecule has 31 heavy (non-hydrogen) atoms. The third-order valence-electron chi connectivity index (χ3n) is 4.94. The van der Waals surface area contributed by atoms with Crippen molar-refractivity contribution >= 4 is 44.9 Å². The number of amides is 1. The number of para-hydroxylation sites is 2. The number of ether oxygens (including phenoxy) is 1. The molecule has 0 radical (unpaired) electrons. The van der Waals surface area contributed by atoms with Crippen molar-refractivity contribution in [2.75, 3.05) is 4.90 Å². The molecule has 1 amide bonds. The number of carbonyl (C=O) groups excluding carboxylic acids is 2. The number of esters is 1. The van der Waals surface area contributed by atoms with E-state index in [1.807, 2.05) is 60.1 Å². The van der Waals surface area contributed by atoms with Gasteiger partial charge in [0.25, 0.3) is 0 Å². The summed E-state index contributed by atoms with van der Waals surface area (Å²) >= 11 is 1.35. The van der Waals surface area contributed by atoms with Crippen LogP contribution in [0, 0.1) is 0 Å². The van der Waals surface area contributed by atoms with E-state index in [-0.39, 0.29) is 18.5 Å². The van der Waals surface area contributed by atoms with Gasteiger partial charge >= 0.3 is 5.97 Å². The number of nitrogens with one attached hydrogen (secondary N) is 1. The molecular weight excluding hydrogens is 410 g/mol. The van der Waals surface area contributed by atoms with Crippen molar-refractivity contribution in [3.8, 4) is 0 Å². The van der Waals surface area contributed by atoms with E-state index in [1.54, 1.807) is 4.90 Å². The molecule has 0 aliphatic rings. The summed E-state index contributed by atoms with van der Waals surface area (Å²) < 4.78 is 5.39. The van der Waals surface area contributed by atoms with Gasteiger partial charge in [-0.1, -0.05) is 36.4 Å². The molecule has 0 saturated carbocycles. The van der Waals surface area contributed by atoms with Crippen LogP contribution in [0.2, 0.25) is 0 Å². The minimum atomic E-state index is -0.249. The molecule has 0 aliphatic carbocycles. The molecule has 4 rings (SSSR count). The predicted octanol–water partition coefficient (Wildman–Crippen LogP) is 5.38. The molecule has 2 aromatic heterocycles. The summed E-state index contributed by atoms with van der Waals surface area (Å²) in [5.74, 6) is -0.373. The number of H-pyrrole nitrogens is 1. The molecule has 0 atom stereocenters. The lowest BCUT2D eigenvalue weighted by atomic mass is 10.1. The highest BCUT2D eigenvalue weighted by molar-refractivity contribution is 7.14. The fraction of sp³-hybridized carbons (Fsp3) is 0.208. The molecule has 7 heteroatoms. The van der Waals surface area contributed by atoms with Gasteiger partial charge in [-0.2, -0.15) is 0 Å². The number of nitrogens with zero attached hydrogens (tertiary/aromatic N) is 2. The number of aromatic nitrogens is 2. The van der Waals surface area contributed by atoms with E-state index in [1.165, 1.54) is 29.2 Å². The topological polar surface area (TPSA) is 75.3 Å². The van der Waals surface area contributed by atoms with Gasteiger partial charge < -0.3 is 9.72 Å². The Morgan fingerprint density at radius 2 is 1.87 bits per heavy atom. The van der Waals surface area contributed by atoms with Crippen molar-refractivity contribution in [1.82, 2.24) is 9.97 Å². The summed E-state index contributed by atoms with van der Waals surface area (Å²) in [6, 6.07) is 17.5. The Morgan fingerprint density at radius 1 is 1.10 bits per heavy atom. The molecule has 0 aliphatic heterocycles. The van der Waals surface area contributed by atoms with Crippen LogP contribution in [0.25, 0.3) is 10.9 Å². The van der Waals surface area contributed by atoms with E-state index < -0.39 is 0 Å². The van der Waals surface area contributed by atoms with E-state index in [0.717, 1.165) is 24.0 Å². The minimum absolute atomic E-state index is 0.100. The van der Waals surface area contributed by atoms with Gasteiger partial charge in [0.2, 0.25) is 5.91 Å². The summed E-state index contributed by atoms with van der Waals surface area (Å²) in [5, 5.41) is 3.57. The zero-order valence-corrected chi connectivity index (χ0v) is 18.0. The van der Waals surface area contributed by atoms with Gasteiger partial charge in [0, 0.05) is 35.8 Å². The predicted molar refractivity (Wildman–Crippen MR) is 122 cm³/mol. The number of fused-ring (bicyclic) bond motifs is 1. The number of aromatic amines is 1. The Morgan fingerprint density at radius 3 is 2.68 bits per heavy atom. The normalized spacial score (nSPS) is 10.9. The summed E-state index contributed by atoms with van der Waals surface area (Å²) in [6.45, 7) is 1.60. The summed E-state index contributed by atoms with van der Waals surface area (Å²) in [4.78, 5) is 33.6. The van der Waals surface area contributed by atoms with Crippen LogP contribution >= 0.6 is 11.3 Å². The van der Waals surface area contributed by atoms with Gasteiger partial charge in [-0.15, -0.1) is 11.3 Å². The first-order valence-corrected chi connectivity index (χ1v) is 11.0. The standard InChI is InChI=1S/C24H23N3O3S/c1-17(28)27(20-9-3-2-4-10-20)24-26-19(16-31-24)15-30-23(29)13-7-8-18-14-25-22-12-6-5-11-21(18)22/h2-6,9-12,14,16,25H,7-8,13,15H2,1H3. The summed E-state index contributed by atoms with van der Waals surface area (Å²) in [5.41, 5.74) is 3.70. The van der Waals surface area contributed by atoms with Crippen LogP contribution in [0.15, 0.2) is 66.2 Å². The van der Waals surface area contributed by atoms with E-state index in [4.69, 9.17) is 4.74 Å². The second-order valence-electron chi connectivity index (χ2n) is 7.19. The van der Waals surface area contributed by atoms with E-state index >= 15 is 0 Å². The molecule has 2 aromatic carbocycles. The third kappa shape index (κ3) is 5.00. The smallest absolute Gasteiger partial charge is 0.306 e. The Bertz CT molecular complexity index is 1180. The molecule has 158 valence electrons. The molecule has 0 spiro atoms. The first-order valence-electron chi connectivity index (χ1n) is 10.1. The van der Waals surface area contributed by atoms with E-state index in [0.29, 0.717) is 17.2 Å². The maximum atomic E-state index is 12.2. The number of thiazole rings is 1. The van der Waals surface area contributed by atoms with Crippen LogP contribution in [0.3, 0.4) is 0 Å².